The average molecular weight is 388 g/mol. The van der Waals surface area contributed by atoms with Gasteiger partial charge in [-0.25, -0.2) is 4.98 Å². The first-order valence-electron chi connectivity index (χ1n) is 9.73. The van der Waals surface area contributed by atoms with Gasteiger partial charge in [0.2, 0.25) is 17.8 Å². The van der Waals surface area contributed by atoms with Gasteiger partial charge in [0.15, 0.2) is 0 Å². The lowest BCUT2D eigenvalue weighted by Gasteiger charge is -2.10. The molecule has 4 rings (SSSR count). The lowest BCUT2D eigenvalue weighted by molar-refractivity contribution is -0.118. The number of imidazole rings is 1. The molecule has 1 aromatic heterocycles. The number of carbonyl (C=O) groups is 2. The maximum Gasteiger partial charge on any atom is 0.232 e. The quantitative estimate of drug-likeness (QED) is 0.689. The Morgan fingerprint density at radius 2 is 1.97 bits per heavy atom. The molecule has 148 valence electrons. The summed E-state index contributed by atoms with van der Waals surface area (Å²) in [5.74, 6) is 0.0134. The topological polar surface area (TPSA) is 76.0 Å². The number of nitrogens with zero attached hydrogens (tertiary/aromatic N) is 2. The summed E-state index contributed by atoms with van der Waals surface area (Å²) in [5, 5.41) is 5.74. The first kappa shape index (κ1) is 18.9. The van der Waals surface area contributed by atoms with Gasteiger partial charge in [-0.05, 0) is 49.1 Å². The molecular formula is C23H24N4O2. The number of benzene rings is 2. The predicted octanol–water partition coefficient (Wildman–Crippen LogP) is 4.16. The van der Waals surface area contributed by atoms with E-state index in [2.05, 4.69) is 47.7 Å². The van der Waals surface area contributed by atoms with Crippen molar-refractivity contribution in [3.05, 3.63) is 65.4 Å². The number of rotatable bonds is 5. The Hall–Kier alpha value is -3.41. The molecule has 0 unspecified atom stereocenters. The highest BCUT2D eigenvalue weighted by atomic mass is 16.2. The summed E-state index contributed by atoms with van der Waals surface area (Å²) in [6.07, 6.45) is 2.47. The van der Waals surface area contributed by atoms with Crippen LogP contribution in [-0.4, -0.2) is 21.4 Å². The number of hydrogen-bond donors (Lipinski definition) is 2. The van der Waals surface area contributed by atoms with E-state index in [9.17, 15) is 9.59 Å². The van der Waals surface area contributed by atoms with Crippen LogP contribution in [0.25, 0.3) is 11.3 Å². The third-order valence-electron chi connectivity index (χ3n) is 5.61. The lowest BCUT2D eigenvalue weighted by atomic mass is 9.95. The molecule has 2 amide bonds. The van der Waals surface area contributed by atoms with Crippen LogP contribution in [0, 0.1) is 13.8 Å². The van der Waals surface area contributed by atoms with E-state index in [1.54, 1.807) is 6.20 Å². The van der Waals surface area contributed by atoms with E-state index in [1.807, 2.05) is 35.9 Å². The number of hydrogen-bond acceptors (Lipinski definition) is 3. The summed E-state index contributed by atoms with van der Waals surface area (Å²) in [4.78, 5) is 29.1. The molecule has 0 saturated heterocycles. The smallest absolute Gasteiger partial charge is 0.232 e. The first-order chi connectivity index (χ1) is 13.9. The van der Waals surface area contributed by atoms with Gasteiger partial charge in [0.05, 0.1) is 17.8 Å². The van der Waals surface area contributed by atoms with E-state index >= 15 is 0 Å². The van der Waals surface area contributed by atoms with E-state index in [0.717, 1.165) is 22.5 Å². The number of anilines is 2. The molecule has 0 aliphatic carbocycles. The van der Waals surface area contributed by atoms with Crippen LogP contribution in [0.3, 0.4) is 0 Å². The van der Waals surface area contributed by atoms with Crippen LogP contribution in [0.1, 0.15) is 35.4 Å². The second-order valence-electron chi connectivity index (χ2n) is 7.54. The van der Waals surface area contributed by atoms with Gasteiger partial charge in [0.1, 0.15) is 0 Å². The van der Waals surface area contributed by atoms with Crippen LogP contribution < -0.4 is 10.6 Å². The Kier molecular flexibility index (Phi) is 4.92. The standard InChI is InChI=1S/C23H24N4O2/c1-14-8-9-16(12-15(14)2)20-13-24-23(27(20)3)26-21(28)11-10-18-17-6-4-5-7-19(17)25-22(18)29/h4-9,12-13,18H,10-11H2,1-3H3,(H,25,29)(H,24,26,28)/t18-/m0/s1. The highest BCUT2D eigenvalue weighted by Crippen LogP contribution is 2.35. The van der Waals surface area contributed by atoms with Crippen molar-refractivity contribution >= 4 is 23.5 Å². The van der Waals surface area contributed by atoms with Crippen molar-refractivity contribution in [3.8, 4) is 11.3 Å². The lowest BCUT2D eigenvalue weighted by Crippen LogP contribution is -2.18. The van der Waals surface area contributed by atoms with Gasteiger partial charge in [-0.3, -0.25) is 14.9 Å². The van der Waals surface area contributed by atoms with Gasteiger partial charge in [0, 0.05) is 24.7 Å². The molecular weight excluding hydrogens is 364 g/mol. The minimum atomic E-state index is -0.288. The molecule has 6 nitrogen and oxygen atoms in total. The summed E-state index contributed by atoms with van der Waals surface area (Å²) in [5.41, 5.74) is 6.24. The number of aromatic nitrogens is 2. The molecule has 1 atom stereocenters. The number of nitrogens with one attached hydrogen (secondary N) is 2. The SMILES string of the molecule is Cc1ccc(-c2cnc(NC(=O)CC[C@@H]3C(=O)Nc4ccccc43)n2C)cc1C. The second kappa shape index (κ2) is 7.54. The molecule has 0 radical (unpaired) electrons. The van der Waals surface area contributed by atoms with Gasteiger partial charge in [-0.15, -0.1) is 0 Å². The van der Waals surface area contributed by atoms with E-state index in [1.165, 1.54) is 11.1 Å². The fourth-order valence-electron chi connectivity index (χ4n) is 3.72. The van der Waals surface area contributed by atoms with Crippen molar-refractivity contribution in [2.45, 2.75) is 32.6 Å². The van der Waals surface area contributed by atoms with Crippen LogP contribution in [0.2, 0.25) is 0 Å². The Morgan fingerprint density at radius 3 is 2.76 bits per heavy atom. The van der Waals surface area contributed by atoms with Crippen LogP contribution in [0.15, 0.2) is 48.7 Å². The summed E-state index contributed by atoms with van der Waals surface area (Å²) >= 11 is 0. The number of amides is 2. The van der Waals surface area contributed by atoms with Crippen molar-refractivity contribution in [1.29, 1.82) is 0 Å². The molecule has 0 spiro atoms. The zero-order chi connectivity index (χ0) is 20.5. The normalized spacial score (nSPS) is 15.1. The molecule has 0 bridgehead atoms. The summed E-state index contributed by atoms with van der Waals surface area (Å²) < 4.78 is 1.87. The maximum absolute atomic E-state index is 12.5. The molecule has 1 aliphatic rings. The minimum Gasteiger partial charge on any atom is -0.325 e. The van der Waals surface area contributed by atoms with Gasteiger partial charge in [-0.1, -0.05) is 30.3 Å². The summed E-state index contributed by atoms with van der Waals surface area (Å²) in [6, 6.07) is 13.9. The molecule has 0 fully saturated rings. The zero-order valence-electron chi connectivity index (χ0n) is 16.8. The van der Waals surface area contributed by atoms with Crippen LogP contribution in [-0.2, 0) is 16.6 Å². The number of fused-ring (bicyclic) bond motifs is 1. The molecule has 3 aromatic rings. The van der Waals surface area contributed by atoms with Crippen molar-refractivity contribution in [2.24, 2.45) is 7.05 Å². The highest BCUT2D eigenvalue weighted by molar-refractivity contribution is 6.03. The molecule has 0 saturated carbocycles. The van der Waals surface area contributed by atoms with Gasteiger partial charge in [-0.2, -0.15) is 0 Å². The average Bonchev–Trinajstić information content (AvgIpc) is 3.21. The molecule has 2 N–H and O–H groups in total. The third kappa shape index (κ3) is 3.66. The molecule has 29 heavy (non-hydrogen) atoms. The van der Waals surface area contributed by atoms with E-state index in [0.29, 0.717) is 12.4 Å². The van der Waals surface area contributed by atoms with Crippen molar-refractivity contribution in [1.82, 2.24) is 9.55 Å². The third-order valence-corrected chi connectivity index (χ3v) is 5.61. The van der Waals surface area contributed by atoms with Crippen LogP contribution in [0.5, 0.6) is 0 Å². The van der Waals surface area contributed by atoms with Crippen LogP contribution in [0.4, 0.5) is 11.6 Å². The van der Waals surface area contributed by atoms with E-state index in [4.69, 9.17) is 0 Å². The maximum atomic E-state index is 12.5. The van der Waals surface area contributed by atoms with E-state index in [-0.39, 0.29) is 24.2 Å². The molecule has 6 heteroatoms. The molecule has 2 aromatic carbocycles. The van der Waals surface area contributed by atoms with Gasteiger partial charge in [0.25, 0.3) is 0 Å². The Balaban J connectivity index is 1.42. The Morgan fingerprint density at radius 1 is 1.17 bits per heavy atom. The Labute approximate surface area is 170 Å². The van der Waals surface area contributed by atoms with E-state index < -0.39 is 0 Å². The van der Waals surface area contributed by atoms with Crippen molar-refractivity contribution in [2.75, 3.05) is 10.6 Å². The summed E-state index contributed by atoms with van der Waals surface area (Å²) in [6.45, 7) is 4.16. The van der Waals surface area contributed by atoms with Gasteiger partial charge < -0.3 is 9.88 Å². The molecule has 2 heterocycles. The van der Waals surface area contributed by atoms with Gasteiger partial charge >= 0.3 is 0 Å². The predicted molar refractivity (Wildman–Crippen MR) is 114 cm³/mol. The van der Waals surface area contributed by atoms with Crippen LogP contribution >= 0.6 is 0 Å². The fourth-order valence-corrected chi connectivity index (χ4v) is 3.72. The number of aryl methyl sites for hydroxylation is 2. The second-order valence-corrected chi connectivity index (χ2v) is 7.54. The summed E-state index contributed by atoms with van der Waals surface area (Å²) in [7, 11) is 1.88. The number of carbonyl (C=O) groups excluding carboxylic acids is 2. The highest BCUT2D eigenvalue weighted by Gasteiger charge is 2.30. The van der Waals surface area contributed by atoms with Crippen molar-refractivity contribution in [3.63, 3.8) is 0 Å². The largest absolute Gasteiger partial charge is 0.325 e. The number of para-hydroxylation sites is 1. The molecule has 1 aliphatic heterocycles. The first-order valence-corrected chi connectivity index (χ1v) is 9.73. The van der Waals surface area contributed by atoms with Crippen molar-refractivity contribution < 1.29 is 9.59 Å². The zero-order valence-corrected chi connectivity index (χ0v) is 16.8. The monoisotopic (exact) mass is 388 g/mol. The minimum absolute atomic E-state index is 0.0481. The fraction of sp³-hybridized carbons (Fsp3) is 0.261. The Bertz CT molecular complexity index is 1100.